The number of rotatable bonds is 35. The van der Waals surface area contributed by atoms with Gasteiger partial charge in [-0.05, 0) is 220 Å². The summed E-state index contributed by atoms with van der Waals surface area (Å²) in [6.45, 7) is 39.2. The Hall–Kier alpha value is -6.19. The lowest BCUT2D eigenvalue weighted by Crippen LogP contribution is -2.27. The Morgan fingerprint density at radius 3 is 1.11 bits per heavy atom. The maximum atomic E-state index is 14.6. The van der Waals surface area contributed by atoms with Crippen LogP contribution in [0.25, 0.3) is 0 Å². The summed E-state index contributed by atoms with van der Waals surface area (Å²) in [6, 6.07) is 37.0. The van der Waals surface area contributed by atoms with Crippen LogP contribution in [0.4, 0.5) is 4.39 Å². The first-order chi connectivity index (χ1) is 48.1. The van der Waals surface area contributed by atoms with E-state index in [4.69, 9.17) is 56.8 Å². The molecule has 13 heteroatoms. The summed E-state index contributed by atoms with van der Waals surface area (Å²) in [7, 11) is 6.86. The standard InChI is InChI=1S/C36H53FO4.C27H40O4.C25H36O4/c1-6-36(5,37)29-17-19-33(20-18-29)38-21-22-39-34-27(25-40-31-13-9-7-10-14-31)23-30(35(2,3)4)24-28(34)26-41-32-15-11-8-12-16-32;1-10-20(3)21-11-13-22(14-12-21)30-15-16-31-25-23(26(4,5)28-8)17-19(2)18-24(25)27(6,7)29-9;1-8-18(3)21-9-11-22(12-10-21)28-13-14-29-25-23(19(4)26-6)15-17(2)16-24(25)20(5)27-7/h17-20,23-24,31-32H,6-16,21-22,25-26H2,1-5H3;11-14,17-18,20H,10,15-16H2,1-9H3;9-12,15-16,18-20H,8,13-14H2,1-7H3. The smallest absolute Gasteiger partial charge is 0.133 e. The minimum Gasteiger partial charge on any atom is -0.490 e. The zero-order chi connectivity index (χ0) is 73.9. The molecule has 5 unspecified atom stereocenters. The molecule has 0 spiro atoms. The topological polar surface area (TPSA) is 111 Å². The van der Waals surface area contributed by atoms with Gasteiger partial charge in [0.05, 0.1) is 48.8 Å². The number of ether oxygens (including phenoxy) is 12. The van der Waals surface area contributed by atoms with Gasteiger partial charge < -0.3 is 56.8 Å². The van der Waals surface area contributed by atoms with Crippen molar-refractivity contribution in [3.63, 3.8) is 0 Å². The van der Waals surface area contributed by atoms with Gasteiger partial charge in [-0.15, -0.1) is 0 Å². The number of methoxy groups -OCH3 is 4. The van der Waals surface area contributed by atoms with E-state index in [1.165, 1.54) is 55.2 Å². The van der Waals surface area contributed by atoms with E-state index in [2.05, 4.69) is 123 Å². The molecule has 6 aromatic rings. The molecule has 101 heavy (non-hydrogen) atoms. The molecule has 0 amide bonds. The van der Waals surface area contributed by atoms with E-state index in [-0.39, 0.29) is 17.6 Å². The van der Waals surface area contributed by atoms with Gasteiger partial charge in [0.1, 0.15) is 79.8 Å². The first kappa shape index (κ1) is 83.8. The molecule has 0 radical (unpaired) electrons. The summed E-state index contributed by atoms with van der Waals surface area (Å²) in [4.78, 5) is 0. The molecule has 2 aliphatic rings. The number of hydrogen-bond acceptors (Lipinski definition) is 12. The van der Waals surface area contributed by atoms with Crippen LogP contribution in [-0.2, 0) is 63.9 Å². The Balaban J connectivity index is 0.000000243. The maximum Gasteiger partial charge on any atom is 0.133 e. The van der Waals surface area contributed by atoms with Crippen LogP contribution in [0.3, 0.4) is 0 Å². The molecule has 560 valence electrons. The SMILES string of the molecule is CCC(C)(F)c1ccc(OCCOc2c(COC3CCCCC3)cc(C(C)(C)C)cc2COC2CCCCC2)cc1.CCC(C)c1ccc(OCCOc2c(C(C)(C)OC)cc(C)cc2C(C)(C)OC)cc1.CCC(C)c1ccc(OCCOc2c(C(C)OC)cc(C)cc2C(C)OC)cc1. The highest BCUT2D eigenvalue weighted by Crippen LogP contribution is 2.43. The minimum atomic E-state index is -1.33. The second kappa shape index (κ2) is 40.8. The molecule has 5 atom stereocenters. The van der Waals surface area contributed by atoms with Gasteiger partial charge in [-0.1, -0.05) is 141 Å². The quantitative estimate of drug-likeness (QED) is 0.0353. The Morgan fingerprint density at radius 2 is 0.762 bits per heavy atom. The van der Waals surface area contributed by atoms with Crippen molar-refractivity contribution in [3.05, 3.63) is 176 Å². The molecule has 0 saturated heterocycles. The zero-order valence-electron chi connectivity index (χ0n) is 66.0. The average molecular weight is 1400 g/mol. The zero-order valence-corrected chi connectivity index (χ0v) is 66.0. The first-order valence-corrected chi connectivity index (χ1v) is 37.7. The summed E-state index contributed by atoms with van der Waals surface area (Å²) in [5.41, 5.74) is 10.9. The number of benzene rings is 6. The van der Waals surface area contributed by atoms with Gasteiger partial charge in [0.2, 0.25) is 0 Å². The largest absolute Gasteiger partial charge is 0.490 e. The fourth-order valence-electron chi connectivity index (χ4n) is 12.6. The summed E-state index contributed by atoms with van der Waals surface area (Å²) < 4.78 is 87.1. The van der Waals surface area contributed by atoms with Gasteiger partial charge in [0, 0.05) is 61.8 Å². The molecule has 2 aliphatic carbocycles. The lowest BCUT2D eigenvalue weighted by atomic mass is 9.84. The molecular weight excluding hydrogens is 1270 g/mol. The third-order valence-corrected chi connectivity index (χ3v) is 20.6. The predicted molar refractivity (Wildman–Crippen MR) is 410 cm³/mol. The van der Waals surface area contributed by atoms with E-state index < -0.39 is 16.9 Å². The monoisotopic (exact) mass is 1400 g/mol. The highest BCUT2D eigenvalue weighted by atomic mass is 19.1. The van der Waals surface area contributed by atoms with Crippen LogP contribution in [0.5, 0.6) is 34.5 Å². The molecule has 2 saturated carbocycles. The minimum absolute atomic E-state index is 0.000439. The molecule has 0 heterocycles. The fourth-order valence-corrected chi connectivity index (χ4v) is 12.6. The second-order valence-corrected chi connectivity index (χ2v) is 30.1. The predicted octanol–water partition coefficient (Wildman–Crippen LogP) is 22.8. The van der Waals surface area contributed by atoms with Gasteiger partial charge in [0.25, 0.3) is 0 Å². The molecule has 12 nitrogen and oxygen atoms in total. The molecular formula is C88H129FO12. The van der Waals surface area contributed by atoms with E-state index in [0.29, 0.717) is 94.6 Å². The van der Waals surface area contributed by atoms with Crippen LogP contribution in [0.15, 0.2) is 109 Å². The van der Waals surface area contributed by atoms with E-state index in [0.717, 1.165) is 112 Å². The van der Waals surface area contributed by atoms with E-state index in [9.17, 15) is 4.39 Å². The highest BCUT2D eigenvalue weighted by molar-refractivity contribution is 5.51. The average Bonchev–Trinajstić information content (AvgIpc) is 0.778. The summed E-state index contributed by atoms with van der Waals surface area (Å²) in [5.74, 6) is 6.07. The number of hydrogen-bond donors (Lipinski definition) is 0. The number of halogens is 1. The van der Waals surface area contributed by atoms with Crippen molar-refractivity contribution in [1.82, 2.24) is 0 Å². The van der Waals surface area contributed by atoms with Gasteiger partial charge in [-0.25, -0.2) is 4.39 Å². The van der Waals surface area contributed by atoms with Crippen LogP contribution < -0.4 is 28.4 Å². The third-order valence-electron chi connectivity index (χ3n) is 20.6. The van der Waals surface area contributed by atoms with Gasteiger partial charge in [-0.3, -0.25) is 0 Å². The van der Waals surface area contributed by atoms with Crippen molar-refractivity contribution >= 4 is 0 Å². The van der Waals surface area contributed by atoms with Gasteiger partial charge in [0.15, 0.2) is 0 Å². The second-order valence-electron chi connectivity index (χ2n) is 30.1. The molecule has 0 bridgehead atoms. The van der Waals surface area contributed by atoms with E-state index in [1.807, 2.05) is 97.0 Å². The van der Waals surface area contributed by atoms with Crippen LogP contribution >= 0.6 is 0 Å². The lowest BCUT2D eigenvalue weighted by molar-refractivity contribution is 0.00819. The molecule has 2 fully saturated rings. The van der Waals surface area contributed by atoms with E-state index in [1.54, 1.807) is 35.4 Å². The fraction of sp³-hybridized carbons (Fsp3) is 0.591. The summed E-state index contributed by atoms with van der Waals surface area (Å²) in [5, 5.41) is 0. The van der Waals surface area contributed by atoms with Crippen molar-refractivity contribution in [1.29, 1.82) is 0 Å². The van der Waals surface area contributed by atoms with E-state index >= 15 is 0 Å². The normalized spacial score (nSPS) is 15.7. The van der Waals surface area contributed by atoms with Crippen LogP contribution in [0.1, 0.15) is 278 Å². The summed E-state index contributed by atoms with van der Waals surface area (Å²) >= 11 is 0. The Labute approximate surface area is 609 Å². The molecule has 0 N–H and O–H groups in total. The highest BCUT2D eigenvalue weighted by Gasteiger charge is 2.33. The van der Waals surface area contributed by atoms with Gasteiger partial charge >= 0.3 is 0 Å². The summed E-state index contributed by atoms with van der Waals surface area (Å²) in [6.07, 6.45) is 15.4. The van der Waals surface area contributed by atoms with Crippen LogP contribution in [0.2, 0.25) is 0 Å². The third kappa shape index (κ3) is 25.6. The number of alkyl halides is 1. The van der Waals surface area contributed by atoms with Crippen molar-refractivity contribution in [2.45, 2.75) is 273 Å². The Kier molecular flexibility index (Phi) is 33.8. The molecule has 6 aromatic carbocycles. The Bertz CT molecular complexity index is 3250. The van der Waals surface area contributed by atoms with Crippen molar-refractivity contribution in [3.8, 4) is 34.5 Å². The van der Waals surface area contributed by atoms with Gasteiger partial charge in [-0.2, -0.15) is 0 Å². The van der Waals surface area contributed by atoms with Crippen molar-refractivity contribution < 1.29 is 61.2 Å². The van der Waals surface area contributed by atoms with Crippen molar-refractivity contribution in [2.75, 3.05) is 68.1 Å². The first-order valence-electron chi connectivity index (χ1n) is 37.7. The molecule has 0 aromatic heterocycles. The maximum absolute atomic E-state index is 14.6. The van der Waals surface area contributed by atoms with Crippen molar-refractivity contribution in [2.24, 2.45) is 0 Å². The van der Waals surface area contributed by atoms with Crippen LogP contribution in [0, 0.1) is 13.8 Å². The van der Waals surface area contributed by atoms with Crippen LogP contribution in [-0.4, -0.2) is 80.3 Å². The Morgan fingerprint density at radius 1 is 0.416 bits per heavy atom. The lowest BCUT2D eigenvalue weighted by Gasteiger charge is -2.32. The number of aryl methyl sites for hydroxylation is 2. The molecule has 0 aliphatic heterocycles. The molecule has 8 rings (SSSR count).